The van der Waals surface area contributed by atoms with Gasteiger partial charge in [-0.2, -0.15) is 0 Å². The molecule has 0 aromatic heterocycles. The van der Waals surface area contributed by atoms with Crippen LogP contribution in [0.15, 0.2) is 0 Å². The van der Waals surface area contributed by atoms with Crippen molar-refractivity contribution >= 4 is 5.97 Å². The summed E-state index contributed by atoms with van der Waals surface area (Å²) in [6, 6.07) is 0. The van der Waals surface area contributed by atoms with E-state index in [4.69, 9.17) is 4.74 Å². The van der Waals surface area contributed by atoms with Crippen molar-refractivity contribution in [1.29, 1.82) is 0 Å². The molecule has 4 heteroatoms. The molecular weight excluding hydrogens is 230 g/mol. The predicted molar refractivity (Wildman–Crippen MR) is 71.4 cm³/mol. The van der Waals surface area contributed by atoms with E-state index in [9.17, 15) is 9.90 Å². The monoisotopic (exact) mass is 257 g/mol. The van der Waals surface area contributed by atoms with E-state index in [0.717, 1.165) is 19.4 Å². The third-order valence-electron chi connectivity index (χ3n) is 3.80. The molecule has 0 radical (unpaired) electrons. The maximum Gasteiger partial charge on any atom is 0.305 e. The number of rotatable bonds is 4. The van der Waals surface area contributed by atoms with E-state index < -0.39 is 0 Å². The molecule has 1 N–H and O–H groups in total. The average Bonchev–Trinajstić information content (AvgIpc) is 2.19. The molecular formula is C14H27NO3. The number of likely N-dealkylation sites (tertiary alicyclic amines) is 1. The van der Waals surface area contributed by atoms with Gasteiger partial charge < -0.3 is 9.84 Å². The molecule has 4 nitrogen and oxygen atoms in total. The number of hydrogen-bond donors (Lipinski definition) is 1. The van der Waals surface area contributed by atoms with Crippen LogP contribution < -0.4 is 0 Å². The number of piperidine rings is 1. The molecule has 0 bridgehead atoms. The van der Waals surface area contributed by atoms with E-state index in [0.29, 0.717) is 13.0 Å². The highest BCUT2D eigenvalue weighted by molar-refractivity contribution is 5.68. The van der Waals surface area contributed by atoms with Crippen molar-refractivity contribution in [2.24, 2.45) is 0 Å². The minimum absolute atomic E-state index is 0.0697. The molecule has 1 rings (SSSR count). The van der Waals surface area contributed by atoms with Gasteiger partial charge in [-0.15, -0.1) is 0 Å². The van der Waals surface area contributed by atoms with Crippen molar-refractivity contribution in [3.63, 3.8) is 0 Å². The fourth-order valence-corrected chi connectivity index (χ4v) is 3.22. The fourth-order valence-electron chi connectivity index (χ4n) is 3.22. The van der Waals surface area contributed by atoms with Crippen LogP contribution in [0.3, 0.4) is 0 Å². The molecule has 0 unspecified atom stereocenters. The SMILES string of the molecule is CCC(=O)OCCN1C(C)(C)CC(O)CC1(C)C. The summed E-state index contributed by atoms with van der Waals surface area (Å²) in [6.07, 6.45) is 1.70. The first-order valence-corrected chi connectivity index (χ1v) is 6.80. The summed E-state index contributed by atoms with van der Waals surface area (Å²) >= 11 is 0. The van der Waals surface area contributed by atoms with Crippen molar-refractivity contribution in [2.45, 2.75) is 71.1 Å². The van der Waals surface area contributed by atoms with Crippen molar-refractivity contribution < 1.29 is 14.6 Å². The highest BCUT2D eigenvalue weighted by Gasteiger charge is 2.44. The molecule has 1 saturated heterocycles. The van der Waals surface area contributed by atoms with Gasteiger partial charge in [-0.3, -0.25) is 9.69 Å². The largest absolute Gasteiger partial charge is 0.464 e. The van der Waals surface area contributed by atoms with E-state index >= 15 is 0 Å². The Morgan fingerprint density at radius 2 is 1.78 bits per heavy atom. The molecule has 0 atom stereocenters. The number of hydrogen-bond acceptors (Lipinski definition) is 4. The standard InChI is InChI=1S/C14H27NO3/c1-6-12(17)18-8-7-15-13(2,3)9-11(16)10-14(15,4)5/h11,16H,6-10H2,1-5H3. The maximum atomic E-state index is 11.1. The zero-order valence-corrected chi connectivity index (χ0v) is 12.3. The molecule has 0 amide bonds. The number of ether oxygens (including phenoxy) is 1. The van der Waals surface area contributed by atoms with Crippen LogP contribution in [0.1, 0.15) is 53.9 Å². The lowest BCUT2D eigenvalue weighted by molar-refractivity contribution is -0.146. The van der Waals surface area contributed by atoms with E-state index in [1.165, 1.54) is 0 Å². The third-order valence-corrected chi connectivity index (χ3v) is 3.80. The summed E-state index contributed by atoms with van der Waals surface area (Å²) in [5.41, 5.74) is -0.139. The second-order valence-corrected chi connectivity index (χ2v) is 6.41. The molecule has 1 heterocycles. The minimum atomic E-state index is -0.246. The lowest BCUT2D eigenvalue weighted by atomic mass is 9.78. The third kappa shape index (κ3) is 3.69. The number of esters is 1. The normalized spacial score (nSPS) is 23.9. The predicted octanol–water partition coefficient (Wildman–Crippen LogP) is 1.95. The Labute approximate surface area is 110 Å². The lowest BCUT2D eigenvalue weighted by Gasteiger charge is -2.54. The second kappa shape index (κ2) is 5.57. The maximum absolute atomic E-state index is 11.1. The molecule has 1 fully saturated rings. The van der Waals surface area contributed by atoms with Gasteiger partial charge in [0.25, 0.3) is 0 Å². The summed E-state index contributed by atoms with van der Waals surface area (Å²) in [6.45, 7) is 11.5. The molecule has 0 spiro atoms. The van der Waals surface area contributed by atoms with Crippen molar-refractivity contribution in [1.82, 2.24) is 4.90 Å². The van der Waals surface area contributed by atoms with Gasteiger partial charge in [0.05, 0.1) is 6.10 Å². The number of aliphatic hydroxyl groups is 1. The van der Waals surface area contributed by atoms with Crippen LogP contribution in [0.4, 0.5) is 0 Å². The average molecular weight is 257 g/mol. The highest BCUT2D eigenvalue weighted by Crippen LogP contribution is 2.37. The van der Waals surface area contributed by atoms with Gasteiger partial charge in [0, 0.05) is 24.0 Å². The fraction of sp³-hybridized carbons (Fsp3) is 0.929. The number of nitrogens with zero attached hydrogens (tertiary/aromatic N) is 1. The summed E-state index contributed by atoms with van der Waals surface area (Å²) in [5.74, 6) is -0.150. The minimum Gasteiger partial charge on any atom is -0.464 e. The van der Waals surface area contributed by atoms with Crippen LogP contribution in [0.5, 0.6) is 0 Å². The van der Waals surface area contributed by atoms with E-state index in [-0.39, 0.29) is 23.2 Å². The van der Waals surface area contributed by atoms with Gasteiger partial charge in [-0.05, 0) is 40.5 Å². The van der Waals surface area contributed by atoms with Crippen LogP contribution >= 0.6 is 0 Å². The summed E-state index contributed by atoms with van der Waals surface area (Å²) in [5, 5.41) is 9.94. The molecule has 1 aliphatic heterocycles. The Morgan fingerprint density at radius 1 is 1.28 bits per heavy atom. The Balaban J connectivity index is 2.62. The zero-order chi connectivity index (χ0) is 14.0. The Kier molecular flexibility index (Phi) is 4.78. The van der Waals surface area contributed by atoms with Crippen molar-refractivity contribution in [3.05, 3.63) is 0 Å². The number of carbonyl (C=O) groups excluding carboxylic acids is 1. The van der Waals surface area contributed by atoms with Gasteiger partial charge in [0.1, 0.15) is 6.61 Å². The molecule has 0 aromatic carbocycles. The highest BCUT2D eigenvalue weighted by atomic mass is 16.5. The van der Waals surface area contributed by atoms with Crippen LogP contribution in [0, 0.1) is 0 Å². The Hall–Kier alpha value is -0.610. The summed E-state index contributed by atoms with van der Waals surface area (Å²) in [4.78, 5) is 13.5. The molecule has 1 aliphatic rings. The van der Waals surface area contributed by atoms with Gasteiger partial charge in [-0.25, -0.2) is 0 Å². The van der Waals surface area contributed by atoms with Crippen LogP contribution in [-0.2, 0) is 9.53 Å². The Morgan fingerprint density at radius 3 is 2.22 bits per heavy atom. The quantitative estimate of drug-likeness (QED) is 0.782. The smallest absolute Gasteiger partial charge is 0.305 e. The first-order chi connectivity index (χ1) is 8.19. The van der Waals surface area contributed by atoms with E-state index in [2.05, 4.69) is 32.6 Å². The molecule has 0 aromatic rings. The van der Waals surface area contributed by atoms with Crippen LogP contribution in [0.2, 0.25) is 0 Å². The Bertz CT molecular complexity index is 281. The molecule has 0 aliphatic carbocycles. The van der Waals surface area contributed by atoms with Crippen molar-refractivity contribution in [2.75, 3.05) is 13.2 Å². The van der Waals surface area contributed by atoms with E-state index in [1.807, 2.05) is 0 Å². The van der Waals surface area contributed by atoms with Crippen molar-refractivity contribution in [3.8, 4) is 0 Å². The first kappa shape index (κ1) is 15.4. The van der Waals surface area contributed by atoms with Gasteiger partial charge >= 0.3 is 5.97 Å². The zero-order valence-electron chi connectivity index (χ0n) is 12.3. The second-order valence-electron chi connectivity index (χ2n) is 6.41. The topological polar surface area (TPSA) is 49.8 Å². The first-order valence-electron chi connectivity index (χ1n) is 6.80. The molecule has 0 saturated carbocycles. The van der Waals surface area contributed by atoms with Gasteiger partial charge in [0.15, 0.2) is 0 Å². The van der Waals surface area contributed by atoms with Crippen LogP contribution in [0.25, 0.3) is 0 Å². The van der Waals surface area contributed by atoms with Crippen LogP contribution in [-0.4, -0.2) is 46.3 Å². The number of aliphatic hydroxyl groups excluding tert-OH is 1. The summed E-state index contributed by atoms with van der Waals surface area (Å²) in [7, 11) is 0. The molecule has 18 heavy (non-hydrogen) atoms. The summed E-state index contributed by atoms with van der Waals surface area (Å²) < 4.78 is 5.16. The lowest BCUT2D eigenvalue weighted by Crippen LogP contribution is -2.62. The molecule has 106 valence electrons. The van der Waals surface area contributed by atoms with Gasteiger partial charge in [-0.1, -0.05) is 6.92 Å². The van der Waals surface area contributed by atoms with E-state index in [1.54, 1.807) is 6.92 Å². The van der Waals surface area contributed by atoms with Gasteiger partial charge in [0.2, 0.25) is 0 Å². The number of carbonyl (C=O) groups is 1.